The number of carbonyl (C=O) groups is 2. The molecule has 1 aromatic carbocycles. The number of benzene rings is 1. The number of carboxylic acids is 1. The Kier molecular flexibility index (Phi) is 5.98. The van der Waals surface area contributed by atoms with Gasteiger partial charge in [0.2, 0.25) is 0 Å². The molecule has 2 amide bonds. The molecule has 0 saturated carbocycles. The van der Waals surface area contributed by atoms with E-state index in [0.717, 1.165) is 0 Å². The Morgan fingerprint density at radius 3 is 2.57 bits per heavy atom. The molecular weight excluding hydrogens is 320 g/mol. The van der Waals surface area contributed by atoms with E-state index in [1.54, 1.807) is 0 Å². The zero-order valence-electron chi connectivity index (χ0n) is 11.2. The number of rotatable bonds is 6. The van der Waals surface area contributed by atoms with Gasteiger partial charge in [0.15, 0.2) is 9.84 Å². The van der Waals surface area contributed by atoms with Crippen LogP contribution in [-0.2, 0) is 9.84 Å². The molecule has 116 valence electrons. The summed E-state index contributed by atoms with van der Waals surface area (Å²) in [6.07, 6.45) is 0. The third kappa shape index (κ3) is 5.60. The van der Waals surface area contributed by atoms with E-state index < -0.39 is 21.8 Å². The molecule has 0 bridgehead atoms. The highest BCUT2D eigenvalue weighted by Gasteiger charge is 2.13. The lowest BCUT2D eigenvalue weighted by molar-refractivity contribution is 0.0698. The summed E-state index contributed by atoms with van der Waals surface area (Å²) in [5.74, 6) is -1.42. The van der Waals surface area contributed by atoms with E-state index in [-0.39, 0.29) is 34.3 Å². The second-order valence-corrected chi connectivity index (χ2v) is 7.02. The van der Waals surface area contributed by atoms with Crippen molar-refractivity contribution in [3.63, 3.8) is 0 Å². The van der Waals surface area contributed by atoms with Gasteiger partial charge >= 0.3 is 12.0 Å². The number of nitrogens with one attached hydrogen (secondary N) is 2. The van der Waals surface area contributed by atoms with E-state index in [9.17, 15) is 18.0 Å². The van der Waals surface area contributed by atoms with Gasteiger partial charge in [0.25, 0.3) is 0 Å². The molecule has 0 aliphatic carbocycles. The molecule has 21 heavy (non-hydrogen) atoms. The maximum Gasteiger partial charge on any atom is 0.337 e. The van der Waals surface area contributed by atoms with Gasteiger partial charge in [-0.1, -0.05) is 18.5 Å². The fraction of sp³-hybridized carbons (Fsp3) is 0.333. The van der Waals surface area contributed by atoms with Crippen LogP contribution in [0.15, 0.2) is 18.2 Å². The Labute approximate surface area is 127 Å². The summed E-state index contributed by atoms with van der Waals surface area (Å²) in [4.78, 5) is 22.6. The average molecular weight is 335 g/mol. The number of sulfone groups is 1. The van der Waals surface area contributed by atoms with E-state index in [2.05, 4.69) is 10.6 Å². The third-order valence-corrected chi connectivity index (χ3v) is 4.54. The molecule has 0 aliphatic rings. The normalized spacial score (nSPS) is 11.0. The van der Waals surface area contributed by atoms with Gasteiger partial charge in [-0.3, -0.25) is 0 Å². The van der Waals surface area contributed by atoms with E-state index in [4.69, 9.17) is 16.7 Å². The summed E-state index contributed by atoms with van der Waals surface area (Å²) in [5.41, 5.74) is -0.0819. The molecule has 0 saturated heterocycles. The van der Waals surface area contributed by atoms with Crippen molar-refractivity contribution in [1.29, 1.82) is 0 Å². The molecular formula is C12H15ClN2O5S. The van der Waals surface area contributed by atoms with Crippen molar-refractivity contribution in [2.75, 3.05) is 23.4 Å². The predicted molar refractivity (Wildman–Crippen MR) is 79.8 cm³/mol. The number of carboxylic acid groups (broad SMARTS) is 1. The van der Waals surface area contributed by atoms with Crippen molar-refractivity contribution in [3.8, 4) is 0 Å². The third-order valence-electron chi connectivity index (χ3n) is 2.60. The van der Waals surface area contributed by atoms with Crippen LogP contribution in [-0.4, -0.2) is 43.6 Å². The molecule has 7 nitrogen and oxygen atoms in total. The van der Waals surface area contributed by atoms with Gasteiger partial charge < -0.3 is 15.7 Å². The summed E-state index contributed by atoms with van der Waals surface area (Å²) in [5, 5.41) is 13.9. The molecule has 0 unspecified atom stereocenters. The molecule has 0 heterocycles. The number of anilines is 1. The molecule has 0 fully saturated rings. The lowest BCUT2D eigenvalue weighted by atomic mass is 10.2. The van der Waals surface area contributed by atoms with Gasteiger partial charge in [-0.25, -0.2) is 18.0 Å². The zero-order chi connectivity index (χ0) is 16.0. The summed E-state index contributed by atoms with van der Waals surface area (Å²) in [6, 6.07) is 3.31. The monoisotopic (exact) mass is 334 g/mol. The first kappa shape index (κ1) is 17.3. The molecule has 1 rings (SSSR count). The van der Waals surface area contributed by atoms with Crippen molar-refractivity contribution >= 4 is 39.1 Å². The van der Waals surface area contributed by atoms with Crippen LogP contribution in [0, 0.1) is 0 Å². The van der Waals surface area contributed by atoms with Gasteiger partial charge in [-0.15, -0.1) is 0 Å². The maximum absolute atomic E-state index is 11.6. The van der Waals surface area contributed by atoms with Gasteiger partial charge in [-0.05, 0) is 18.2 Å². The van der Waals surface area contributed by atoms with Crippen LogP contribution in [0.2, 0.25) is 5.02 Å². The molecule has 0 aliphatic heterocycles. The minimum Gasteiger partial charge on any atom is -0.478 e. The first-order valence-electron chi connectivity index (χ1n) is 6.03. The molecule has 0 atom stereocenters. The van der Waals surface area contributed by atoms with E-state index in [0.29, 0.717) is 0 Å². The number of hydrogen-bond donors (Lipinski definition) is 3. The first-order valence-corrected chi connectivity index (χ1v) is 8.23. The molecule has 0 spiro atoms. The Balaban J connectivity index is 2.66. The largest absolute Gasteiger partial charge is 0.478 e. The smallest absolute Gasteiger partial charge is 0.337 e. The lowest BCUT2D eigenvalue weighted by Crippen LogP contribution is -2.33. The van der Waals surface area contributed by atoms with Crippen molar-refractivity contribution in [2.45, 2.75) is 6.92 Å². The Hall–Kier alpha value is -1.80. The SMILES string of the molecule is CCS(=O)(=O)CCNC(=O)Nc1ccc(Cl)cc1C(=O)O. The van der Waals surface area contributed by atoms with Crippen LogP contribution < -0.4 is 10.6 Å². The summed E-state index contributed by atoms with van der Waals surface area (Å²) in [6.45, 7) is 1.46. The fourth-order valence-electron chi connectivity index (χ4n) is 1.43. The summed E-state index contributed by atoms with van der Waals surface area (Å²) in [7, 11) is -3.17. The molecule has 1 aromatic rings. The number of halogens is 1. The molecule has 3 N–H and O–H groups in total. The maximum atomic E-state index is 11.6. The van der Waals surface area contributed by atoms with Crippen molar-refractivity contribution in [1.82, 2.24) is 5.32 Å². The van der Waals surface area contributed by atoms with E-state index in [1.165, 1.54) is 25.1 Å². The fourth-order valence-corrected chi connectivity index (χ4v) is 2.31. The van der Waals surface area contributed by atoms with Crippen LogP contribution in [0.5, 0.6) is 0 Å². The van der Waals surface area contributed by atoms with Crippen molar-refractivity contribution < 1.29 is 23.1 Å². The average Bonchev–Trinajstić information content (AvgIpc) is 2.40. The van der Waals surface area contributed by atoms with E-state index >= 15 is 0 Å². The van der Waals surface area contributed by atoms with Crippen LogP contribution in [0.4, 0.5) is 10.5 Å². The highest BCUT2D eigenvalue weighted by atomic mass is 35.5. The molecule has 0 radical (unpaired) electrons. The van der Waals surface area contributed by atoms with Crippen LogP contribution in [0.25, 0.3) is 0 Å². The number of hydrogen-bond acceptors (Lipinski definition) is 4. The van der Waals surface area contributed by atoms with E-state index in [1.807, 2.05) is 0 Å². The lowest BCUT2D eigenvalue weighted by Gasteiger charge is -2.10. The van der Waals surface area contributed by atoms with Gasteiger partial charge in [0, 0.05) is 17.3 Å². The summed E-state index contributed by atoms with van der Waals surface area (Å²) < 4.78 is 22.5. The van der Waals surface area contributed by atoms with Crippen molar-refractivity contribution in [3.05, 3.63) is 28.8 Å². The van der Waals surface area contributed by atoms with Gasteiger partial charge in [0.1, 0.15) is 0 Å². The quantitative estimate of drug-likeness (QED) is 0.731. The number of carbonyl (C=O) groups excluding carboxylic acids is 1. The van der Waals surface area contributed by atoms with Gasteiger partial charge in [-0.2, -0.15) is 0 Å². The van der Waals surface area contributed by atoms with Crippen LogP contribution in [0.3, 0.4) is 0 Å². The summed E-state index contributed by atoms with van der Waals surface area (Å²) >= 11 is 5.69. The minimum atomic E-state index is -3.17. The second kappa shape index (κ2) is 7.28. The number of aromatic carboxylic acids is 1. The Morgan fingerprint density at radius 2 is 2.00 bits per heavy atom. The van der Waals surface area contributed by atoms with Crippen molar-refractivity contribution in [2.24, 2.45) is 0 Å². The molecule has 0 aromatic heterocycles. The molecule has 9 heteroatoms. The highest BCUT2D eigenvalue weighted by Crippen LogP contribution is 2.20. The first-order chi connectivity index (χ1) is 9.75. The number of urea groups is 1. The predicted octanol–water partition coefficient (Wildman–Crippen LogP) is 1.59. The standard InChI is InChI=1S/C12H15ClN2O5S/c1-2-21(19,20)6-5-14-12(18)15-10-4-3-8(13)7-9(10)11(16)17/h3-4,7H,2,5-6H2,1H3,(H,16,17)(H2,14,15,18). The van der Waals surface area contributed by atoms with Crippen LogP contribution in [0.1, 0.15) is 17.3 Å². The minimum absolute atomic E-state index is 0.00333. The Morgan fingerprint density at radius 1 is 1.33 bits per heavy atom. The van der Waals surface area contributed by atoms with Gasteiger partial charge in [0.05, 0.1) is 17.0 Å². The zero-order valence-corrected chi connectivity index (χ0v) is 12.8. The second-order valence-electron chi connectivity index (χ2n) is 4.11. The number of amides is 2. The topological polar surface area (TPSA) is 113 Å². The highest BCUT2D eigenvalue weighted by molar-refractivity contribution is 7.91. The van der Waals surface area contributed by atoms with Crippen LogP contribution >= 0.6 is 11.6 Å². The Bertz CT molecular complexity index is 645.